The van der Waals surface area contributed by atoms with Crippen LogP contribution in [0.1, 0.15) is 19.4 Å². The Kier molecular flexibility index (Phi) is 6.43. The summed E-state index contributed by atoms with van der Waals surface area (Å²) in [7, 11) is 1.31. The SMILES string of the molecule is CCN=C1SC(=Cc2ccc(OCC(=O)OC)cc2)C(=O)N1CC. The lowest BCUT2D eigenvalue weighted by Crippen LogP contribution is -2.28. The quantitative estimate of drug-likeness (QED) is 0.584. The minimum Gasteiger partial charge on any atom is -0.482 e. The van der Waals surface area contributed by atoms with Gasteiger partial charge < -0.3 is 9.47 Å². The smallest absolute Gasteiger partial charge is 0.343 e. The highest BCUT2D eigenvalue weighted by Gasteiger charge is 2.31. The molecule has 0 atom stereocenters. The average molecular weight is 348 g/mol. The van der Waals surface area contributed by atoms with Crippen molar-refractivity contribution < 1.29 is 19.1 Å². The van der Waals surface area contributed by atoms with Gasteiger partial charge in [-0.3, -0.25) is 14.7 Å². The number of carbonyl (C=O) groups excluding carboxylic acids is 2. The molecule has 1 aromatic rings. The number of benzene rings is 1. The Bertz CT molecular complexity index is 668. The van der Waals surface area contributed by atoms with Gasteiger partial charge in [0.25, 0.3) is 5.91 Å². The zero-order valence-electron chi connectivity index (χ0n) is 13.9. The first-order valence-corrected chi connectivity index (χ1v) is 8.46. The van der Waals surface area contributed by atoms with E-state index in [1.54, 1.807) is 17.0 Å². The Labute approximate surface area is 145 Å². The van der Waals surface area contributed by atoms with Crippen molar-refractivity contribution in [2.45, 2.75) is 13.8 Å². The van der Waals surface area contributed by atoms with Crippen LogP contribution in [0.2, 0.25) is 0 Å². The topological polar surface area (TPSA) is 68.2 Å². The maximum absolute atomic E-state index is 12.4. The van der Waals surface area contributed by atoms with Gasteiger partial charge >= 0.3 is 5.97 Å². The summed E-state index contributed by atoms with van der Waals surface area (Å²) in [5, 5.41) is 0.745. The molecule has 128 valence electrons. The van der Waals surface area contributed by atoms with Crippen LogP contribution in [0.3, 0.4) is 0 Å². The number of hydrogen-bond acceptors (Lipinski definition) is 6. The van der Waals surface area contributed by atoms with Crippen LogP contribution in [-0.4, -0.2) is 48.8 Å². The Morgan fingerprint density at radius 1 is 1.29 bits per heavy atom. The summed E-state index contributed by atoms with van der Waals surface area (Å²) in [5.74, 6) is 0.105. The lowest BCUT2D eigenvalue weighted by atomic mass is 10.2. The number of aliphatic imine (C=N–C) groups is 1. The molecule has 24 heavy (non-hydrogen) atoms. The van der Waals surface area contributed by atoms with E-state index in [9.17, 15) is 9.59 Å². The van der Waals surface area contributed by atoms with Crippen LogP contribution < -0.4 is 4.74 Å². The maximum atomic E-state index is 12.4. The molecule has 1 fully saturated rings. The van der Waals surface area contributed by atoms with E-state index in [1.165, 1.54) is 18.9 Å². The second kappa shape index (κ2) is 8.54. The summed E-state index contributed by atoms with van der Waals surface area (Å²) in [6.07, 6.45) is 1.83. The van der Waals surface area contributed by atoms with E-state index in [0.29, 0.717) is 23.7 Å². The second-order valence-corrected chi connectivity index (χ2v) is 5.86. The molecule has 0 spiro atoms. The van der Waals surface area contributed by atoms with Gasteiger partial charge in [-0.25, -0.2) is 4.79 Å². The summed E-state index contributed by atoms with van der Waals surface area (Å²) in [6.45, 7) is 4.99. The molecule has 0 aromatic heterocycles. The second-order valence-electron chi connectivity index (χ2n) is 4.85. The average Bonchev–Trinajstić information content (AvgIpc) is 2.89. The number of hydrogen-bond donors (Lipinski definition) is 0. The Morgan fingerprint density at radius 3 is 2.58 bits per heavy atom. The highest BCUT2D eigenvalue weighted by atomic mass is 32.2. The molecule has 0 N–H and O–H groups in total. The standard InChI is InChI=1S/C17H20N2O4S/c1-4-18-17-19(5-2)16(21)14(24-17)10-12-6-8-13(9-7-12)23-11-15(20)22-3/h6-10H,4-5,11H2,1-3H3. The molecule has 1 saturated heterocycles. The van der Waals surface area contributed by atoms with Gasteiger partial charge in [0.15, 0.2) is 11.8 Å². The van der Waals surface area contributed by atoms with Crippen molar-refractivity contribution in [1.82, 2.24) is 4.90 Å². The van der Waals surface area contributed by atoms with E-state index in [1.807, 2.05) is 32.1 Å². The molecule has 0 bridgehead atoms. The van der Waals surface area contributed by atoms with Gasteiger partial charge in [-0.1, -0.05) is 12.1 Å². The lowest BCUT2D eigenvalue weighted by molar-refractivity contribution is -0.142. The highest BCUT2D eigenvalue weighted by Crippen LogP contribution is 2.32. The van der Waals surface area contributed by atoms with Crippen molar-refractivity contribution in [1.29, 1.82) is 0 Å². The van der Waals surface area contributed by atoms with Crippen LogP contribution >= 0.6 is 11.8 Å². The number of rotatable bonds is 6. The number of esters is 1. The summed E-state index contributed by atoms with van der Waals surface area (Å²) >= 11 is 1.39. The lowest BCUT2D eigenvalue weighted by Gasteiger charge is -2.11. The number of amides is 1. The zero-order chi connectivity index (χ0) is 17.5. The van der Waals surface area contributed by atoms with E-state index in [2.05, 4.69) is 9.73 Å². The monoisotopic (exact) mass is 348 g/mol. The summed E-state index contributed by atoms with van der Waals surface area (Å²) in [4.78, 5) is 30.1. The van der Waals surface area contributed by atoms with Gasteiger partial charge in [-0.2, -0.15) is 0 Å². The minimum absolute atomic E-state index is 0.0271. The summed E-state index contributed by atoms with van der Waals surface area (Å²) in [5.41, 5.74) is 0.880. The van der Waals surface area contributed by atoms with Gasteiger partial charge in [0.1, 0.15) is 5.75 Å². The van der Waals surface area contributed by atoms with Crippen LogP contribution in [0.4, 0.5) is 0 Å². The van der Waals surface area contributed by atoms with Gasteiger partial charge in [-0.05, 0) is 49.4 Å². The zero-order valence-corrected chi connectivity index (χ0v) is 14.8. The third kappa shape index (κ3) is 4.38. The predicted octanol–water partition coefficient (Wildman–Crippen LogP) is 2.55. The van der Waals surface area contributed by atoms with E-state index in [0.717, 1.165) is 10.7 Å². The van der Waals surface area contributed by atoms with Crippen molar-refractivity contribution in [3.05, 3.63) is 34.7 Å². The number of carbonyl (C=O) groups is 2. The molecule has 2 rings (SSSR count). The third-order valence-corrected chi connectivity index (χ3v) is 4.30. The van der Waals surface area contributed by atoms with Crippen LogP contribution in [0.15, 0.2) is 34.2 Å². The molecule has 1 heterocycles. The molecule has 0 unspecified atom stereocenters. The summed E-state index contributed by atoms with van der Waals surface area (Å²) < 4.78 is 9.81. The number of likely N-dealkylation sites (N-methyl/N-ethyl adjacent to an activating group) is 1. The molecule has 0 saturated carbocycles. The molecular weight excluding hydrogens is 328 g/mol. The fourth-order valence-electron chi connectivity index (χ4n) is 2.05. The Hall–Kier alpha value is -2.28. The molecule has 1 aromatic carbocycles. The number of nitrogens with zero attached hydrogens (tertiary/aromatic N) is 2. The molecule has 1 amide bonds. The predicted molar refractivity (Wildman–Crippen MR) is 94.9 cm³/mol. The first kappa shape index (κ1) is 18.1. The van der Waals surface area contributed by atoms with Crippen molar-refractivity contribution >= 4 is 34.9 Å². The summed E-state index contributed by atoms with van der Waals surface area (Å²) in [6, 6.07) is 7.16. The van der Waals surface area contributed by atoms with E-state index < -0.39 is 5.97 Å². The van der Waals surface area contributed by atoms with Gasteiger partial charge in [0, 0.05) is 13.1 Å². The Balaban J connectivity index is 2.09. The molecule has 0 aliphatic carbocycles. The molecular formula is C17H20N2O4S. The van der Waals surface area contributed by atoms with Crippen molar-refractivity contribution in [2.24, 2.45) is 4.99 Å². The van der Waals surface area contributed by atoms with Gasteiger partial charge in [0.05, 0.1) is 12.0 Å². The van der Waals surface area contributed by atoms with Gasteiger partial charge in [0.2, 0.25) is 0 Å². The van der Waals surface area contributed by atoms with Crippen LogP contribution in [0, 0.1) is 0 Å². The largest absolute Gasteiger partial charge is 0.482 e. The van der Waals surface area contributed by atoms with Crippen LogP contribution in [0.25, 0.3) is 6.08 Å². The first-order chi connectivity index (χ1) is 11.6. The van der Waals surface area contributed by atoms with Crippen molar-refractivity contribution in [3.8, 4) is 5.75 Å². The van der Waals surface area contributed by atoms with E-state index >= 15 is 0 Å². The first-order valence-electron chi connectivity index (χ1n) is 7.64. The number of thioether (sulfide) groups is 1. The van der Waals surface area contributed by atoms with Crippen LogP contribution in [0.5, 0.6) is 5.75 Å². The molecule has 7 heteroatoms. The normalized spacial score (nSPS) is 17.6. The van der Waals surface area contributed by atoms with Crippen molar-refractivity contribution in [3.63, 3.8) is 0 Å². The molecule has 6 nitrogen and oxygen atoms in total. The number of amidine groups is 1. The van der Waals surface area contributed by atoms with E-state index in [4.69, 9.17) is 4.74 Å². The van der Waals surface area contributed by atoms with Crippen LogP contribution in [-0.2, 0) is 14.3 Å². The fraction of sp³-hybridized carbons (Fsp3) is 0.353. The maximum Gasteiger partial charge on any atom is 0.343 e. The Morgan fingerprint density at radius 2 is 2.00 bits per heavy atom. The third-order valence-electron chi connectivity index (χ3n) is 3.26. The van der Waals surface area contributed by atoms with E-state index in [-0.39, 0.29) is 12.5 Å². The minimum atomic E-state index is -0.434. The fourth-order valence-corrected chi connectivity index (χ4v) is 3.16. The number of methoxy groups -OCH3 is 1. The molecule has 0 radical (unpaired) electrons. The number of ether oxygens (including phenoxy) is 2. The van der Waals surface area contributed by atoms with Gasteiger partial charge in [-0.15, -0.1) is 0 Å². The van der Waals surface area contributed by atoms with Crippen molar-refractivity contribution in [2.75, 3.05) is 26.8 Å². The molecule has 1 aliphatic heterocycles. The highest BCUT2D eigenvalue weighted by molar-refractivity contribution is 8.18. The molecule has 1 aliphatic rings.